The summed E-state index contributed by atoms with van der Waals surface area (Å²) < 4.78 is 4.44. The first-order valence-corrected chi connectivity index (χ1v) is 5.67. The van der Waals surface area contributed by atoms with Crippen molar-refractivity contribution in [3.05, 3.63) is 42.0 Å². The van der Waals surface area contributed by atoms with Gasteiger partial charge < -0.3 is 10.1 Å². The van der Waals surface area contributed by atoms with E-state index in [2.05, 4.69) is 25.6 Å². The fourth-order valence-corrected chi connectivity index (χ4v) is 1.40. The number of rotatable bonds is 3. The maximum Gasteiger partial charge on any atom is 0.412 e. The number of carbonyl (C=O) groups excluding carboxylic acids is 1. The summed E-state index contributed by atoms with van der Waals surface area (Å²) in [5, 5.41) is 21.9. The molecule has 1 amide bonds. The summed E-state index contributed by atoms with van der Waals surface area (Å²) in [7, 11) is 1.27. The van der Waals surface area contributed by atoms with Crippen molar-refractivity contribution in [1.29, 1.82) is 5.26 Å². The average Bonchev–Trinajstić information content (AvgIpc) is 2.50. The second-order valence-corrected chi connectivity index (χ2v) is 3.73. The van der Waals surface area contributed by atoms with Crippen molar-refractivity contribution in [1.82, 2.24) is 10.2 Å². The van der Waals surface area contributed by atoms with Gasteiger partial charge in [0.1, 0.15) is 0 Å². The fraction of sp³-hybridized carbons (Fsp3) is 0.0769. The maximum atomic E-state index is 11.0. The fourth-order valence-electron chi connectivity index (χ4n) is 1.40. The molecule has 0 unspecified atom stereocenters. The molecule has 1 aromatic heterocycles. The number of methoxy groups -OCH3 is 1. The van der Waals surface area contributed by atoms with Gasteiger partial charge >= 0.3 is 6.09 Å². The number of nitrogens with zero attached hydrogens (tertiary/aromatic N) is 3. The van der Waals surface area contributed by atoms with E-state index in [1.807, 2.05) is 6.07 Å². The van der Waals surface area contributed by atoms with Crippen LogP contribution in [0.1, 0.15) is 5.56 Å². The highest BCUT2D eigenvalue weighted by atomic mass is 16.5. The lowest BCUT2D eigenvalue weighted by atomic mass is 10.2. The first-order valence-electron chi connectivity index (χ1n) is 5.67. The number of anilines is 3. The topological polar surface area (TPSA) is 99.9 Å². The van der Waals surface area contributed by atoms with Crippen molar-refractivity contribution >= 4 is 23.4 Å². The quantitative estimate of drug-likeness (QED) is 0.886. The molecular formula is C13H11N5O2. The lowest BCUT2D eigenvalue weighted by molar-refractivity contribution is 0.187. The molecule has 7 nitrogen and oxygen atoms in total. The monoisotopic (exact) mass is 269 g/mol. The Morgan fingerprint density at radius 3 is 2.35 bits per heavy atom. The summed E-state index contributed by atoms with van der Waals surface area (Å²) in [5.74, 6) is 0.812. The second-order valence-electron chi connectivity index (χ2n) is 3.73. The summed E-state index contributed by atoms with van der Waals surface area (Å²) in [6, 6.07) is 12.2. The van der Waals surface area contributed by atoms with E-state index in [1.54, 1.807) is 36.4 Å². The first kappa shape index (κ1) is 13.3. The van der Waals surface area contributed by atoms with E-state index in [1.165, 1.54) is 7.11 Å². The molecule has 0 atom stereocenters. The number of nitrogens with one attached hydrogen (secondary N) is 2. The van der Waals surface area contributed by atoms with E-state index >= 15 is 0 Å². The summed E-state index contributed by atoms with van der Waals surface area (Å²) in [5.41, 5.74) is 1.37. The van der Waals surface area contributed by atoms with Crippen LogP contribution in [0.3, 0.4) is 0 Å². The van der Waals surface area contributed by atoms with Gasteiger partial charge in [-0.15, -0.1) is 10.2 Å². The Hall–Kier alpha value is -3.14. The van der Waals surface area contributed by atoms with Gasteiger partial charge in [0, 0.05) is 5.69 Å². The largest absolute Gasteiger partial charge is 0.453 e. The molecule has 20 heavy (non-hydrogen) atoms. The molecule has 2 aromatic rings. The van der Waals surface area contributed by atoms with Gasteiger partial charge in [-0.1, -0.05) is 0 Å². The highest BCUT2D eigenvalue weighted by Crippen LogP contribution is 2.15. The highest BCUT2D eigenvalue weighted by molar-refractivity contribution is 5.83. The van der Waals surface area contributed by atoms with E-state index in [0.29, 0.717) is 17.2 Å². The molecule has 100 valence electrons. The standard InChI is InChI=1S/C13H11N5O2/c1-20-13(19)16-12-7-6-11(17-18-12)15-10-4-2-9(8-14)3-5-10/h2-7H,1H3,(H,15,17)(H,16,18,19). The Labute approximate surface area is 115 Å². The van der Waals surface area contributed by atoms with E-state index in [4.69, 9.17) is 5.26 Å². The lowest BCUT2D eigenvalue weighted by Crippen LogP contribution is -2.12. The zero-order valence-electron chi connectivity index (χ0n) is 10.6. The van der Waals surface area contributed by atoms with Crippen LogP contribution in [0.25, 0.3) is 0 Å². The van der Waals surface area contributed by atoms with Crippen LogP contribution in [0.2, 0.25) is 0 Å². The Kier molecular flexibility index (Phi) is 4.09. The van der Waals surface area contributed by atoms with Crippen LogP contribution in [0.4, 0.5) is 22.1 Å². The lowest BCUT2D eigenvalue weighted by Gasteiger charge is -2.06. The van der Waals surface area contributed by atoms with Crippen molar-refractivity contribution in [2.75, 3.05) is 17.7 Å². The average molecular weight is 269 g/mol. The third-order valence-corrected chi connectivity index (χ3v) is 2.37. The molecule has 0 saturated heterocycles. The van der Waals surface area contributed by atoms with Crippen LogP contribution in [0.5, 0.6) is 0 Å². The molecule has 7 heteroatoms. The van der Waals surface area contributed by atoms with Gasteiger partial charge in [0.25, 0.3) is 0 Å². The van der Waals surface area contributed by atoms with Crippen LogP contribution in [0.15, 0.2) is 36.4 Å². The third-order valence-electron chi connectivity index (χ3n) is 2.37. The van der Waals surface area contributed by atoms with Crippen molar-refractivity contribution in [3.8, 4) is 6.07 Å². The maximum absolute atomic E-state index is 11.0. The summed E-state index contributed by atoms with van der Waals surface area (Å²) in [6.07, 6.45) is -0.605. The number of hydrogen-bond donors (Lipinski definition) is 2. The van der Waals surface area contributed by atoms with Crippen molar-refractivity contribution in [2.24, 2.45) is 0 Å². The molecule has 0 bridgehead atoms. The minimum Gasteiger partial charge on any atom is -0.453 e. The number of benzene rings is 1. The number of aromatic nitrogens is 2. The van der Waals surface area contributed by atoms with Gasteiger partial charge in [-0.05, 0) is 36.4 Å². The molecule has 2 rings (SSSR count). The Balaban J connectivity index is 2.03. The van der Waals surface area contributed by atoms with Crippen LogP contribution >= 0.6 is 0 Å². The summed E-state index contributed by atoms with van der Waals surface area (Å²) in [4.78, 5) is 11.0. The van der Waals surface area contributed by atoms with Crippen LogP contribution in [0, 0.1) is 11.3 Å². The van der Waals surface area contributed by atoms with Gasteiger partial charge in [0.15, 0.2) is 11.6 Å². The molecule has 0 aliphatic carbocycles. The molecule has 0 spiro atoms. The van der Waals surface area contributed by atoms with E-state index < -0.39 is 6.09 Å². The van der Waals surface area contributed by atoms with Crippen LogP contribution < -0.4 is 10.6 Å². The summed E-state index contributed by atoms with van der Waals surface area (Å²) >= 11 is 0. The molecule has 0 aliphatic rings. The van der Waals surface area contributed by atoms with Crippen molar-refractivity contribution < 1.29 is 9.53 Å². The minimum absolute atomic E-state index is 0.294. The predicted octanol–water partition coefficient (Wildman–Crippen LogP) is 2.27. The summed E-state index contributed by atoms with van der Waals surface area (Å²) in [6.45, 7) is 0. The SMILES string of the molecule is COC(=O)Nc1ccc(Nc2ccc(C#N)cc2)nn1. The molecule has 2 N–H and O–H groups in total. The molecule has 0 fully saturated rings. The first-order chi connectivity index (χ1) is 9.71. The molecule has 1 heterocycles. The number of nitriles is 1. The number of ether oxygens (including phenoxy) is 1. The minimum atomic E-state index is -0.605. The molecule has 0 saturated carbocycles. The Bertz CT molecular complexity index is 631. The van der Waals surface area contributed by atoms with Crippen LogP contribution in [-0.4, -0.2) is 23.4 Å². The smallest absolute Gasteiger partial charge is 0.412 e. The van der Waals surface area contributed by atoms with E-state index in [0.717, 1.165) is 5.69 Å². The Morgan fingerprint density at radius 1 is 1.15 bits per heavy atom. The van der Waals surface area contributed by atoms with Crippen LogP contribution in [-0.2, 0) is 4.74 Å². The zero-order valence-corrected chi connectivity index (χ0v) is 10.6. The molecule has 1 aromatic carbocycles. The Morgan fingerprint density at radius 2 is 1.80 bits per heavy atom. The van der Waals surface area contributed by atoms with Gasteiger partial charge in [0.2, 0.25) is 0 Å². The highest BCUT2D eigenvalue weighted by Gasteiger charge is 2.03. The number of carbonyl (C=O) groups is 1. The van der Waals surface area contributed by atoms with E-state index in [-0.39, 0.29) is 0 Å². The van der Waals surface area contributed by atoms with Gasteiger partial charge in [-0.3, -0.25) is 5.32 Å². The zero-order chi connectivity index (χ0) is 14.4. The van der Waals surface area contributed by atoms with Gasteiger partial charge in [-0.2, -0.15) is 5.26 Å². The van der Waals surface area contributed by atoms with Crippen molar-refractivity contribution in [3.63, 3.8) is 0 Å². The normalized spacial score (nSPS) is 9.40. The van der Waals surface area contributed by atoms with Crippen molar-refractivity contribution in [2.45, 2.75) is 0 Å². The molecular weight excluding hydrogens is 258 g/mol. The van der Waals surface area contributed by atoms with Gasteiger partial charge in [-0.25, -0.2) is 4.79 Å². The number of amides is 1. The molecule has 0 aliphatic heterocycles. The van der Waals surface area contributed by atoms with Gasteiger partial charge in [0.05, 0.1) is 18.7 Å². The molecule has 0 radical (unpaired) electrons. The second kappa shape index (κ2) is 6.15. The predicted molar refractivity (Wildman–Crippen MR) is 72.5 cm³/mol. The third kappa shape index (κ3) is 3.43. The van der Waals surface area contributed by atoms with E-state index in [9.17, 15) is 4.79 Å². The number of hydrogen-bond acceptors (Lipinski definition) is 6.